The molecule has 3 aromatic rings. The highest BCUT2D eigenvalue weighted by molar-refractivity contribution is 6.08. The lowest BCUT2D eigenvalue weighted by atomic mass is 9.79. The number of halogens is 1. The minimum atomic E-state index is -1.35. The molecule has 1 aromatic heterocycles. The first-order valence-electron chi connectivity index (χ1n) is 10.6. The van der Waals surface area contributed by atoms with Gasteiger partial charge in [-0.1, -0.05) is 24.3 Å². The molecular formula is C25H20FN3O3. The van der Waals surface area contributed by atoms with Gasteiger partial charge in [0, 0.05) is 29.9 Å². The van der Waals surface area contributed by atoms with Gasteiger partial charge in [-0.05, 0) is 54.7 Å². The number of hydrogen-bond acceptors (Lipinski definition) is 5. The van der Waals surface area contributed by atoms with E-state index >= 15 is 0 Å². The summed E-state index contributed by atoms with van der Waals surface area (Å²) in [6.07, 6.45) is 3.67. The van der Waals surface area contributed by atoms with Crippen molar-refractivity contribution in [2.24, 2.45) is 10.9 Å². The summed E-state index contributed by atoms with van der Waals surface area (Å²) >= 11 is 0. The number of hydrogen-bond donors (Lipinski definition) is 0. The number of benzene rings is 2. The van der Waals surface area contributed by atoms with Gasteiger partial charge < -0.3 is 9.47 Å². The lowest BCUT2D eigenvalue weighted by Crippen LogP contribution is -2.41. The maximum absolute atomic E-state index is 14.4. The quantitative estimate of drug-likeness (QED) is 0.576. The first-order valence-corrected chi connectivity index (χ1v) is 10.6. The lowest BCUT2D eigenvalue weighted by molar-refractivity contribution is -0.129. The van der Waals surface area contributed by atoms with Gasteiger partial charge in [-0.3, -0.25) is 9.69 Å². The van der Waals surface area contributed by atoms with Crippen LogP contribution in [0.5, 0.6) is 11.5 Å². The molecule has 1 atom stereocenters. The second-order valence-corrected chi connectivity index (χ2v) is 8.37. The summed E-state index contributed by atoms with van der Waals surface area (Å²) in [7, 11) is 1.67. The van der Waals surface area contributed by atoms with Crippen LogP contribution in [-0.2, 0) is 15.1 Å². The molecule has 7 heteroatoms. The van der Waals surface area contributed by atoms with Crippen LogP contribution in [-0.4, -0.2) is 35.5 Å². The highest BCUT2D eigenvalue weighted by Gasteiger charge is 2.55. The molecule has 6 nitrogen and oxygen atoms in total. The van der Waals surface area contributed by atoms with E-state index in [4.69, 9.17) is 14.5 Å². The Kier molecular flexibility index (Phi) is 4.08. The van der Waals surface area contributed by atoms with E-state index in [1.165, 1.54) is 11.1 Å². The van der Waals surface area contributed by atoms with E-state index in [1.807, 2.05) is 24.3 Å². The Labute approximate surface area is 184 Å². The molecule has 2 aromatic carbocycles. The van der Waals surface area contributed by atoms with Gasteiger partial charge in [-0.2, -0.15) is 4.39 Å². The molecule has 1 amide bonds. The average Bonchev–Trinajstić information content (AvgIpc) is 3.61. The van der Waals surface area contributed by atoms with Crippen molar-refractivity contribution in [3.8, 4) is 22.6 Å². The SMILES string of the molecule is CN1C(=O)C2(N=C1OCC1CC1)c1ccccc1Oc1ccc(-c3cccnc3F)cc12. The topological polar surface area (TPSA) is 64.0 Å². The van der Waals surface area contributed by atoms with Crippen molar-refractivity contribution in [1.29, 1.82) is 0 Å². The molecule has 1 saturated carbocycles. The Morgan fingerprint density at radius 1 is 1.12 bits per heavy atom. The van der Waals surface area contributed by atoms with Gasteiger partial charge in [0.25, 0.3) is 11.9 Å². The summed E-state index contributed by atoms with van der Waals surface area (Å²) in [5, 5.41) is 0. The Morgan fingerprint density at radius 2 is 1.94 bits per heavy atom. The first-order chi connectivity index (χ1) is 15.6. The van der Waals surface area contributed by atoms with E-state index in [9.17, 15) is 9.18 Å². The molecule has 6 rings (SSSR count). The molecule has 0 bridgehead atoms. The van der Waals surface area contributed by atoms with Crippen LogP contribution in [0.4, 0.5) is 4.39 Å². The third-order valence-corrected chi connectivity index (χ3v) is 6.25. The molecule has 3 aliphatic rings. The predicted octanol–water partition coefficient (Wildman–Crippen LogP) is 4.49. The van der Waals surface area contributed by atoms with Crippen LogP contribution in [0, 0.1) is 11.9 Å². The third-order valence-electron chi connectivity index (χ3n) is 6.25. The molecular weight excluding hydrogens is 409 g/mol. The minimum absolute atomic E-state index is 0.232. The Morgan fingerprint density at radius 3 is 2.75 bits per heavy atom. The monoisotopic (exact) mass is 429 g/mol. The van der Waals surface area contributed by atoms with Gasteiger partial charge in [0.15, 0.2) is 0 Å². The van der Waals surface area contributed by atoms with E-state index in [2.05, 4.69) is 4.98 Å². The van der Waals surface area contributed by atoms with E-state index in [-0.39, 0.29) is 5.91 Å². The Hall–Kier alpha value is -3.74. The summed E-state index contributed by atoms with van der Waals surface area (Å²) in [4.78, 5) is 23.9. The van der Waals surface area contributed by atoms with Gasteiger partial charge in [-0.25, -0.2) is 9.98 Å². The second-order valence-electron chi connectivity index (χ2n) is 8.37. The standard InChI is InChI=1S/C25H20FN3O3/c1-29-23(30)25(28-24(29)31-14-15-8-9-15)18-6-2-3-7-20(18)32-21-11-10-16(13-19(21)25)17-5-4-12-27-22(17)26/h2-7,10-13,15H,8-9,14H2,1H3. The van der Waals surface area contributed by atoms with Crippen molar-refractivity contribution in [3.63, 3.8) is 0 Å². The number of pyridine rings is 1. The van der Waals surface area contributed by atoms with Crippen LogP contribution in [0.3, 0.4) is 0 Å². The van der Waals surface area contributed by atoms with Crippen LogP contribution in [0.25, 0.3) is 11.1 Å². The molecule has 1 fully saturated rings. The number of carbonyl (C=O) groups is 1. The van der Waals surface area contributed by atoms with Crippen LogP contribution in [0.15, 0.2) is 65.8 Å². The molecule has 1 unspecified atom stereocenters. The number of carbonyl (C=O) groups excluding carboxylic acids is 1. The Balaban J connectivity index is 1.55. The number of likely N-dealkylation sites (N-methyl/N-ethyl adjacent to an activating group) is 1. The molecule has 32 heavy (non-hydrogen) atoms. The predicted molar refractivity (Wildman–Crippen MR) is 116 cm³/mol. The number of amides is 1. The molecule has 2 aliphatic heterocycles. The highest BCUT2D eigenvalue weighted by Crippen LogP contribution is 2.52. The van der Waals surface area contributed by atoms with Crippen molar-refractivity contribution in [1.82, 2.24) is 9.88 Å². The van der Waals surface area contributed by atoms with Crippen LogP contribution in [0.1, 0.15) is 24.0 Å². The first kappa shape index (κ1) is 19.0. The molecule has 1 aliphatic carbocycles. The van der Waals surface area contributed by atoms with Crippen molar-refractivity contribution in [3.05, 3.63) is 77.9 Å². The highest BCUT2D eigenvalue weighted by atomic mass is 19.1. The molecule has 1 spiro atoms. The largest absolute Gasteiger partial charge is 0.465 e. The van der Waals surface area contributed by atoms with Crippen LogP contribution >= 0.6 is 0 Å². The van der Waals surface area contributed by atoms with Gasteiger partial charge in [-0.15, -0.1) is 0 Å². The minimum Gasteiger partial charge on any atom is -0.465 e. The number of nitrogens with zero attached hydrogens (tertiary/aromatic N) is 3. The fourth-order valence-corrected chi connectivity index (χ4v) is 4.34. The molecule has 0 saturated heterocycles. The number of ether oxygens (including phenoxy) is 2. The summed E-state index contributed by atoms with van der Waals surface area (Å²) in [5.41, 5.74) is 0.774. The smallest absolute Gasteiger partial charge is 0.295 e. The number of aromatic nitrogens is 1. The normalized spacial score (nSPS) is 21.1. The third kappa shape index (κ3) is 2.74. The summed E-state index contributed by atoms with van der Waals surface area (Å²) in [6.45, 7) is 0.540. The van der Waals surface area contributed by atoms with E-state index in [0.717, 1.165) is 12.8 Å². The van der Waals surface area contributed by atoms with Crippen molar-refractivity contribution >= 4 is 11.9 Å². The van der Waals surface area contributed by atoms with E-state index in [1.54, 1.807) is 37.4 Å². The number of fused-ring (bicyclic) bond motifs is 4. The van der Waals surface area contributed by atoms with Gasteiger partial charge >= 0.3 is 0 Å². The van der Waals surface area contributed by atoms with Crippen LogP contribution in [0.2, 0.25) is 0 Å². The number of amidine groups is 1. The molecule has 0 N–H and O–H groups in total. The zero-order chi connectivity index (χ0) is 21.9. The summed E-state index contributed by atoms with van der Waals surface area (Å²) in [6, 6.07) is 16.3. The molecule has 0 radical (unpaired) electrons. The number of rotatable bonds is 3. The maximum atomic E-state index is 14.4. The maximum Gasteiger partial charge on any atom is 0.295 e. The fraction of sp³-hybridized carbons (Fsp3) is 0.240. The average molecular weight is 429 g/mol. The molecule has 160 valence electrons. The second kappa shape index (κ2) is 6.88. The van der Waals surface area contributed by atoms with E-state index in [0.29, 0.717) is 52.3 Å². The lowest BCUT2D eigenvalue weighted by Gasteiger charge is -2.33. The zero-order valence-electron chi connectivity index (χ0n) is 17.4. The van der Waals surface area contributed by atoms with Crippen molar-refractivity contribution in [2.75, 3.05) is 13.7 Å². The summed E-state index contributed by atoms with van der Waals surface area (Å²) in [5.74, 6) is 0.779. The zero-order valence-corrected chi connectivity index (χ0v) is 17.4. The van der Waals surface area contributed by atoms with Crippen molar-refractivity contribution in [2.45, 2.75) is 18.4 Å². The Bertz CT molecular complexity index is 1290. The van der Waals surface area contributed by atoms with Gasteiger partial charge in [0.2, 0.25) is 11.5 Å². The van der Waals surface area contributed by atoms with Crippen LogP contribution < -0.4 is 4.74 Å². The number of aliphatic imine (C=N–C) groups is 1. The van der Waals surface area contributed by atoms with E-state index < -0.39 is 11.5 Å². The fourth-order valence-electron chi connectivity index (χ4n) is 4.34. The summed E-state index contributed by atoms with van der Waals surface area (Å²) < 4.78 is 26.5. The van der Waals surface area contributed by atoms with Gasteiger partial charge in [0.1, 0.15) is 11.5 Å². The van der Waals surface area contributed by atoms with Crippen molar-refractivity contribution < 1.29 is 18.7 Å². The van der Waals surface area contributed by atoms with Gasteiger partial charge in [0.05, 0.1) is 6.61 Å². The number of para-hydroxylation sites is 1. The molecule has 3 heterocycles.